The van der Waals surface area contributed by atoms with Gasteiger partial charge in [0.05, 0.1) is 50.5 Å². The monoisotopic (exact) mass is 396 g/mol. The second kappa shape index (κ2) is 8.06. The van der Waals surface area contributed by atoms with Crippen molar-refractivity contribution < 1.29 is 22.8 Å². The van der Waals surface area contributed by atoms with E-state index in [-0.39, 0.29) is 29.5 Å². The van der Waals surface area contributed by atoms with Crippen LogP contribution in [0.25, 0.3) is 0 Å². The molecule has 2 fully saturated rings. The summed E-state index contributed by atoms with van der Waals surface area (Å²) >= 11 is 0. The molecule has 1 amide bonds. The number of benzene rings is 1. The van der Waals surface area contributed by atoms with Gasteiger partial charge in [-0.15, -0.1) is 0 Å². The molecule has 2 atom stereocenters. The molecule has 0 unspecified atom stereocenters. The summed E-state index contributed by atoms with van der Waals surface area (Å²) in [6.45, 7) is 5.39. The predicted molar refractivity (Wildman–Crippen MR) is 105 cm³/mol. The number of nitrogens with one attached hydrogen (secondary N) is 1. The molecule has 0 spiro atoms. The molecule has 1 aromatic rings. The molecular formula is C19H30N3O4S+. The van der Waals surface area contributed by atoms with Gasteiger partial charge in [-0.05, 0) is 25.5 Å². The zero-order chi connectivity index (χ0) is 19.6. The number of methoxy groups -OCH3 is 1. The minimum Gasteiger partial charge on any atom is -0.495 e. The standard InChI is InChI=1S/C19H29N3O4S/c1-15(19(23)20(2)16-8-13-27(24,25)14-16)21-9-11-22(12-10-21)17-6-4-5-7-18(17)26-3/h4-7,15-16H,8-14H2,1-3H3/p+1/t15-,16+/m1/s1. The molecule has 7 nitrogen and oxygen atoms in total. The van der Waals surface area contributed by atoms with E-state index in [1.54, 1.807) is 19.1 Å². The third-order valence-corrected chi connectivity index (χ3v) is 7.67. The molecule has 0 aromatic heterocycles. The first-order valence-electron chi connectivity index (χ1n) is 9.52. The average molecular weight is 397 g/mol. The molecule has 0 saturated carbocycles. The molecule has 1 N–H and O–H groups in total. The summed E-state index contributed by atoms with van der Waals surface area (Å²) in [6.07, 6.45) is 0.550. The molecule has 0 aliphatic carbocycles. The lowest BCUT2D eigenvalue weighted by Gasteiger charge is -2.38. The maximum absolute atomic E-state index is 12.9. The van der Waals surface area contributed by atoms with Gasteiger partial charge in [-0.1, -0.05) is 12.1 Å². The number of nitrogens with zero attached hydrogens (tertiary/aromatic N) is 2. The molecule has 2 aliphatic heterocycles. The van der Waals surface area contributed by atoms with Crippen molar-refractivity contribution in [2.24, 2.45) is 0 Å². The Morgan fingerprint density at radius 1 is 1.30 bits per heavy atom. The Morgan fingerprint density at radius 3 is 2.56 bits per heavy atom. The summed E-state index contributed by atoms with van der Waals surface area (Å²) < 4.78 is 28.9. The topological polar surface area (TPSA) is 71.4 Å². The van der Waals surface area contributed by atoms with Crippen LogP contribution in [0.15, 0.2) is 24.3 Å². The average Bonchev–Trinajstić information content (AvgIpc) is 3.06. The van der Waals surface area contributed by atoms with Gasteiger partial charge in [0.15, 0.2) is 15.9 Å². The molecule has 1 aromatic carbocycles. The molecule has 150 valence electrons. The first kappa shape index (κ1) is 19.9. The Hall–Kier alpha value is -1.80. The van der Waals surface area contributed by atoms with Crippen molar-refractivity contribution in [3.8, 4) is 5.75 Å². The summed E-state index contributed by atoms with van der Waals surface area (Å²) in [5, 5.41) is 0. The van der Waals surface area contributed by atoms with Gasteiger partial charge < -0.3 is 19.4 Å². The Morgan fingerprint density at radius 2 is 1.96 bits per heavy atom. The van der Waals surface area contributed by atoms with Crippen LogP contribution in [0.5, 0.6) is 5.75 Å². The van der Waals surface area contributed by atoms with Gasteiger partial charge in [-0.25, -0.2) is 8.42 Å². The normalized spacial score (nSPS) is 23.8. The first-order chi connectivity index (χ1) is 12.8. The molecule has 27 heavy (non-hydrogen) atoms. The molecule has 0 bridgehead atoms. The van der Waals surface area contributed by atoms with Gasteiger partial charge in [0.1, 0.15) is 5.75 Å². The van der Waals surface area contributed by atoms with Gasteiger partial charge in [0.25, 0.3) is 5.91 Å². The first-order valence-corrected chi connectivity index (χ1v) is 11.3. The second-order valence-electron chi connectivity index (χ2n) is 7.54. The van der Waals surface area contributed by atoms with Gasteiger partial charge in [-0.3, -0.25) is 4.79 Å². The number of hydrogen-bond acceptors (Lipinski definition) is 5. The summed E-state index contributed by atoms with van der Waals surface area (Å²) in [5.41, 5.74) is 1.09. The number of quaternary nitrogens is 1. The van der Waals surface area contributed by atoms with E-state index in [0.29, 0.717) is 6.42 Å². The highest BCUT2D eigenvalue weighted by molar-refractivity contribution is 7.91. The Labute approximate surface area is 161 Å². The lowest BCUT2D eigenvalue weighted by molar-refractivity contribution is -0.915. The largest absolute Gasteiger partial charge is 0.495 e. The van der Waals surface area contributed by atoms with E-state index in [9.17, 15) is 13.2 Å². The predicted octanol–water partition coefficient (Wildman–Crippen LogP) is -0.566. The lowest BCUT2D eigenvalue weighted by Crippen LogP contribution is -3.19. The Bertz CT molecular complexity index is 775. The third kappa shape index (κ3) is 4.38. The van der Waals surface area contributed by atoms with E-state index in [1.165, 1.54) is 4.90 Å². The van der Waals surface area contributed by atoms with Gasteiger partial charge in [-0.2, -0.15) is 0 Å². The number of hydrogen-bond donors (Lipinski definition) is 1. The van der Waals surface area contributed by atoms with E-state index >= 15 is 0 Å². The van der Waals surface area contributed by atoms with Crippen LogP contribution in [0, 0.1) is 0 Å². The zero-order valence-electron chi connectivity index (χ0n) is 16.3. The van der Waals surface area contributed by atoms with Crippen LogP contribution in [0.2, 0.25) is 0 Å². The van der Waals surface area contributed by atoms with E-state index in [1.807, 2.05) is 25.1 Å². The SMILES string of the molecule is COc1ccccc1N1CC[NH+]([C@H](C)C(=O)N(C)[C@H]2CCS(=O)(=O)C2)CC1. The van der Waals surface area contributed by atoms with Crippen molar-refractivity contribution in [2.75, 3.05) is 56.7 Å². The van der Waals surface area contributed by atoms with E-state index in [2.05, 4.69) is 11.0 Å². The molecule has 2 saturated heterocycles. The van der Waals surface area contributed by atoms with Gasteiger partial charge in [0.2, 0.25) is 0 Å². The quantitative estimate of drug-likeness (QED) is 0.722. The number of amides is 1. The molecule has 8 heteroatoms. The smallest absolute Gasteiger partial charge is 0.280 e. The van der Waals surface area contributed by atoms with Crippen LogP contribution in [0.4, 0.5) is 5.69 Å². The fourth-order valence-electron chi connectivity index (χ4n) is 4.10. The number of likely N-dealkylation sites (N-methyl/N-ethyl adjacent to an activating group) is 1. The number of rotatable bonds is 5. The zero-order valence-corrected chi connectivity index (χ0v) is 17.2. The maximum atomic E-state index is 12.9. The number of para-hydroxylation sites is 2. The second-order valence-corrected chi connectivity index (χ2v) is 9.77. The van der Waals surface area contributed by atoms with Crippen LogP contribution in [-0.2, 0) is 14.6 Å². The summed E-state index contributed by atoms with van der Waals surface area (Å²) in [6, 6.07) is 7.65. The van der Waals surface area contributed by atoms with Crippen molar-refractivity contribution in [1.82, 2.24) is 4.90 Å². The van der Waals surface area contributed by atoms with Crippen molar-refractivity contribution in [1.29, 1.82) is 0 Å². The highest BCUT2D eigenvalue weighted by Crippen LogP contribution is 2.27. The van der Waals surface area contributed by atoms with Crippen molar-refractivity contribution in [3.05, 3.63) is 24.3 Å². The van der Waals surface area contributed by atoms with E-state index in [4.69, 9.17) is 4.74 Å². The highest BCUT2D eigenvalue weighted by atomic mass is 32.2. The Kier molecular flexibility index (Phi) is 5.95. The number of carbonyl (C=O) groups is 1. The minimum absolute atomic E-state index is 0.0397. The summed E-state index contributed by atoms with van der Waals surface area (Å²) in [5.74, 6) is 1.19. The lowest BCUT2D eigenvalue weighted by atomic mass is 10.1. The van der Waals surface area contributed by atoms with Crippen LogP contribution in [0.3, 0.4) is 0 Å². The van der Waals surface area contributed by atoms with Crippen molar-refractivity contribution >= 4 is 21.4 Å². The number of carbonyl (C=O) groups excluding carboxylic acids is 1. The number of ether oxygens (including phenoxy) is 1. The maximum Gasteiger partial charge on any atom is 0.280 e. The van der Waals surface area contributed by atoms with Crippen LogP contribution < -0.4 is 14.5 Å². The minimum atomic E-state index is -2.99. The van der Waals surface area contributed by atoms with E-state index in [0.717, 1.165) is 37.6 Å². The van der Waals surface area contributed by atoms with E-state index < -0.39 is 9.84 Å². The number of piperazine rings is 1. The Balaban J connectivity index is 1.58. The fraction of sp³-hybridized carbons (Fsp3) is 0.632. The van der Waals surface area contributed by atoms with Gasteiger partial charge in [0, 0.05) is 13.1 Å². The van der Waals surface area contributed by atoms with Crippen LogP contribution in [-0.4, -0.2) is 83.2 Å². The van der Waals surface area contributed by atoms with Crippen molar-refractivity contribution in [3.63, 3.8) is 0 Å². The fourth-order valence-corrected chi connectivity index (χ4v) is 5.87. The summed E-state index contributed by atoms with van der Waals surface area (Å²) in [4.78, 5) is 18.1. The number of sulfone groups is 1. The van der Waals surface area contributed by atoms with Gasteiger partial charge >= 0.3 is 0 Å². The molecule has 0 radical (unpaired) electrons. The highest BCUT2D eigenvalue weighted by Gasteiger charge is 2.37. The molecule has 2 aliphatic rings. The molecule has 3 rings (SSSR count). The summed E-state index contributed by atoms with van der Waals surface area (Å²) in [7, 11) is 0.437. The van der Waals surface area contributed by atoms with Crippen LogP contribution >= 0.6 is 0 Å². The van der Waals surface area contributed by atoms with Crippen LogP contribution in [0.1, 0.15) is 13.3 Å². The molecular weight excluding hydrogens is 366 g/mol. The van der Waals surface area contributed by atoms with Crippen molar-refractivity contribution in [2.45, 2.75) is 25.4 Å². The number of anilines is 1. The third-order valence-electron chi connectivity index (χ3n) is 5.92. The molecule has 2 heterocycles.